The van der Waals surface area contributed by atoms with E-state index >= 15 is 0 Å². The Morgan fingerprint density at radius 1 is 0.612 bits per heavy atom. The van der Waals surface area contributed by atoms with Gasteiger partial charge in [-0.2, -0.15) is 12.6 Å². The summed E-state index contributed by atoms with van der Waals surface area (Å²) in [6.07, 6.45) is 0.247. The van der Waals surface area contributed by atoms with Gasteiger partial charge in [0.15, 0.2) is 0 Å². The number of thiol groups is 1. The third-order valence-electron chi connectivity index (χ3n) is 10.7. The maximum Gasteiger partial charge on any atom is 0.326 e. The Labute approximate surface area is 391 Å². The topological polar surface area (TPSA) is 344 Å². The van der Waals surface area contributed by atoms with Crippen molar-refractivity contribution >= 4 is 65.4 Å². The highest BCUT2D eigenvalue weighted by Gasteiger charge is 2.35. The molecule has 7 atom stereocenters. The van der Waals surface area contributed by atoms with E-state index in [-0.39, 0.29) is 61.5 Å². The Kier molecular flexibility index (Phi) is 21.6. The lowest BCUT2D eigenvalue weighted by molar-refractivity contribution is -0.385. The van der Waals surface area contributed by atoms with Crippen LogP contribution in [0.4, 0.5) is 11.4 Å². The zero-order valence-electron chi connectivity index (χ0n) is 37.1. The summed E-state index contributed by atoms with van der Waals surface area (Å²) >= 11 is 4.14. The highest BCUT2D eigenvalue weighted by molar-refractivity contribution is 7.80. The summed E-state index contributed by atoms with van der Waals surface area (Å²) in [6.45, 7) is 4.86. The molecular formula is C44H57N9O13S. The van der Waals surface area contributed by atoms with Crippen molar-refractivity contribution in [3.63, 3.8) is 0 Å². The number of nitrogens with one attached hydrogen (secondary N) is 6. The molecule has 3 rings (SSSR count). The Bertz CT molecular complexity index is 2210. The summed E-state index contributed by atoms with van der Waals surface area (Å²) < 4.78 is 0. The third kappa shape index (κ3) is 17.6. The van der Waals surface area contributed by atoms with Crippen molar-refractivity contribution in [1.29, 1.82) is 0 Å². The molecule has 0 saturated carbocycles. The Hall–Kier alpha value is -7.14. The highest BCUT2D eigenvalue weighted by atomic mass is 32.1. The molecule has 67 heavy (non-hydrogen) atoms. The average molecular weight is 952 g/mol. The maximum absolute atomic E-state index is 14.4. The number of carboxylic acids is 1. The first kappa shape index (κ1) is 54.2. The van der Waals surface area contributed by atoms with Crippen LogP contribution in [-0.2, 0) is 52.8 Å². The number of benzene rings is 3. The number of nitro groups is 2. The SMILES string of the molecule is CCC(C)[C@H](NC(=O)[C@H](CS)NC(C)=O)C(=O)N[C@@H](Cc1ccc([N+](=O)[O-])cc1)C(=O)N[C@@H](CCCCN)C(=O)N[C@@H](Cc1ccc([N+](=O)[O-])cc1)C(=O)N[C@@H](Cc1ccc(O)cc1)C(=O)O. The summed E-state index contributed by atoms with van der Waals surface area (Å²) in [7, 11) is 0. The molecule has 10 N–H and O–H groups in total. The van der Waals surface area contributed by atoms with Gasteiger partial charge in [0.1, 0.15) is 42.0 Å². The van der Waals surface area contributed by atoms with E-state index in [4.69, 9.17) is 5.73 Å². The molecule has 3 aromatic rings. The molecule has 0 radical (unpaired) electrons. The number of carbonyl (C=O) groups is 7. The van der Waals surface area contributed by atoms with Crippen molar-refractivity contribution in [2.75, 3.05) is 12.3 Å². The number of nitrogens with two attached hydrogens (primary N) is 1. The molecular weight excluding hydrogens is 895 g/mol. The van der Waals surface area contributed by atoms with Gasteiger partial charge < -0.3 is 47.8 Å². The van der Waals surface area contributed by atoms with Gasteiger partial charge in [-0.15, -0.1) is 0 Å². The average Bonchev–Trinajstić information content (AvgIpc) is 3.29. The molecule has 0 aromatic heterocycles. The van der Waals surface area contributed by atoms with Crippen LogP contribution in [0, 0.1) is 26.1 Å². The minimum atomic E-state index is -1.52. The Morgan fingerprint density at radius 2 is 1.01 bits per heavy atom. The van der Waals surface area contributed by atoms with Gasteiger partial charge in [0.25, 0.3) is 11.4 Å². The van der Waals surface area contributed by atoms with E-state index in [1.807, 2.05) is 0 Å². The molecule has 22 nitrogen and oxygen atoms in total. The lowest BCUT2D eigenvalue weighted by Gasteiger charge is -2.29. The van der Waals surface area contributed by atoms with Crippen molar-refractivity contribution in [3.8, 4) is 5.75 Å². The van der Waals surface area contributed by atoms with Gasteiger partial charge in [0.2, 0.25) is 35.4 Å². The summed E-state index contributed by atoms with van der Waals surface area (Å²) in [5.74, 6) is -6.91. The lowest BCUT2D eigenvalue weighted by atomic mass is 9.96. The molecule has 0 saturated heterocycles. The van der Waals surface area contributed by atoms with Crippen molar-refractivity contribution in [3.05, 3.63) is 110 Å². The van der Waals surface area contributed by atoms with Gasteiger partial charge in [0.05, 0.1) is 9.85 Å². The predicted molar refractivity (Wildman–Crippen MR) is 247 cm³/mol. The number of hydrogen-bond donors (Lipinski definition) is 10. The largest absolute Gasteiger partial charge is 0.508 e. The monoisotopic (exact) mass is 951 g/mol. The maximum atomic E-state index is 14.4. The number of non-ortho nitro benzene ring substituents is 2. The van der Waals surface area contributed by atoms with Crippen LogP contribution < -0.4 is 37.6 Å². The number of nitro benzene ring substituents is 2. The number of phenols is 1. The standard InChI is InChI=1S/C44H57N9O13S/c1-4-25(2)38(51-42(59)37(24-67)46-26(3)54)43(60)49-35(22-28-10-16-31(17-11-28)53(65)66)40(57)47-33(7-5-6-20-45)39(56)48-34(21-27-8-14-30(15-9-27)52(63)64)41(58)50-36(44(61)62)23-29-12-18-32(55)19-13-29/h8-19,25,33-38,55,67H,4-7,20-24,45H2,1-3H3,(H,46,54)(H,47,57)(H,48,56)(H,49,60)(H,50,58)(H,51,59)(H,61,62)/t25?,33-,34-,35-,36-,37-,38-/m0/s1. The van der Waals surface area contributed by atoms with Crippen LogP contribution in [0.5, 0.6) is 5.75 Å². The van der Waals surface area contributed by atoms with E-state index in [1.165, 1.54) is 79.7 Å². The van der Waals surface area contributed by atoms with E-state index in [1.54, 1.807) is 13.8 Å². The summed E-state index contributed by atoms with van der Waals surface area (Å²) in [4.78, 5) is 116. The van der Waals surface area contributed by atoms with Gasteiger partial charge in [-0.25, -0.2) is 4.79 Å². The molecule has 1 unspecified atom stereocenters. The van der Waals surface area contributed by atoms with Crippen molar-refractivity contribution < 1.29 is 53.6 Å². The van der Waals surface area contributed by atoms with E-state index in [2.05, 4.69) is 44.5 Å². The first-order valence-electron chi connectivity index (χ1n) is 21.3. The zero-order valence-corrected chi connectivity index (χ0v) is 38.0. The van der Waals surface area contributed by atoms with E-state index in [0.29, 0.717) is 29.5 Å². The van der Waals surface area contributed by atoms with Crippen LogP contribution in [0.2, 0.25) is 0 Å². The second-order valence-electron chi connectivity index (χ2n) is 15.8. The molecule has 0 spiro atoms. The van der Waals surface area contributed by atoms with Gasteiger partial charge in [-0.05, 0) is 60.5 Å². The van der Waals surface area contributed by atoms with Gasteiger partial charge in [-0.1, -0.05) is 56.7 Å². The fraction of sp³-hybridized carbons (Fsp3) is 0.432. The minimum absolute atomic E-state index is 0.0444. The first-order valence-corrected chi connectivity index (χ1v) is 22.0. The lowest BCUT2D eigenvalue weighted by Crippen LogP contribution is -2.61. The van der Waals surface area contributed by atoms with Crippen LogP contribution in [0.3, 0.4) is 0 Å². The molecule has 6 amide bonds. The van der Waals surface area contributed by atoms with Gasteiger partial charge in [-0.3, -0.25) is 49.0 Å². The Morgan fingerprint density at radius 3 is 1.43 bits per heavy atom. The second-order valence-corrected chi connectivity index (χ2v) is 16.2. The summed E-state index contributed by atoms with van der Waals surface area (Å²) in [5.41, 5.74) is 6.39. The molecule has 0 heterocycles. The van der Waals surface area contributed by atoms with Crippen molar-refractivity contribution in [1.82, 2.24) is 31.9 Å². The fourth-order valence-corrected chi connectivity index (χ4v) is 6.96. The molecule has 3 aromatic carbocycles. The quantitative estimate of drug-likeness (QED) is 0.0223. The number of nitrogens with zero attached hydrogens (tertiary/aromatic N) is 2. The molecule has 0 aliphatic carbocycles. The van der Waals surface area contributed by atoms with Crippen LogP contribution in [0.25, 0.3) is 0 Å². The zero-order chi connectivity index (χ0) is 49.8. The number of aliphatic carboxylic acids is 1. The van der Waals surface area contributed by atoms with E-state index in [0.717, 1.165) is 0 Å². The van der Waals surface area contributed by atoms with E-state index in [9.17, 15) is 64.0 Å². The number of aromatic hydroxyl groups is 1. The van der Waals surface area contributed by atoms with Crippen LogP contribution in [-0.4, -0.2) is 110 Å². The molecule has 23 heteroatoms. The molecule has 0 aliphatic heterocycles. The van der Waals surface area contributed by atoms with Gasteiger partial charge >= 0.3 is 5.97 Å². The van der Waals surface area contributed by atoms with Crippen molar-refractivity contribution in [2.45, 2.75) is 102 Å². The second kappa shape index (κ2) is 26.7. The number of unbranched alkanes of at least 4 members (excludes halogenated alkanes) is 1. The fourth-order valence-electron chi connectivity index (χ4n) is 6.70. The van der Waals surface area contributed by atoms with Crippen LogP contribution in [0.15, 0.2) is 72.8 Å². The number of rotatable bonds is 27. The molecule has 0 fully saturated rings. The van der Waals surface area contributed by atoms with E-state index < -0.39 is 93.4 Å². The number of carboxylic acid groups (broad SMARTS) is 1. The number of hydrogen-bond acceptors (Lipinski definition) is 14. The van der Waals surface area contributed by atoms with Crippen molar-refractivity contribution in [2.24, 2.45) is 11.7 Å². The third-order valence-corrected chi connectivity index (χ3v) is 11.0. The van der Waals surface area contributed by atoms with Gasteiger partial charge in [0, 0.05) is 56.2 Å². The highest BCUT2D eigenvalue weighted by Crippen LogP contribution is 2.18. The number of carbonyl (C=O) groups excluding carboxylic acids is 6. The summed E-state index contributed by atoms with van der Waals surface area (Å²) in [6, 6.07) is 7.58. The first-order chi connectivity index (χ1) is 31.8. The predicted octanol–water partition coefficient (Wildman–Crippen LogP) is 1.35. The number of amides is 6. The molecule has 0 bridgehead atoms. The Balaban J connectivity index is 2.01. The molecule has 0 aliphatic rings. The smallest absolute Gasteiger partial charge is 0.326 e. The minimum Gasteiger partial charge on any atom is -0.508 e. The number of phenolic OH excluding ortho intramolecular Hbond substituents is 1. The van der Waals surface area contributed by atoms with Crippen LogP contribution in [0.1, 0.15) is 63.1 Å². The van der Waals surface area contributed by atoms with Crippen LogP contribution >= 0.6 is 12.6 Å². The summed E-state index contributed by atoms with van der Waals surface area (Å²) in [5, 5.41) is 57.9. The normalized spacial score (nSPS) is 14.0. The molecule has 362 valence electrons.